The summed E-state index contributed by atoms with van der Waals surface area (Å²) >= 11 is 0. The highest BCUT2D eigenvalue weighted by Crippen LogP contribution is 2.16. The molecule has 1 fully saturated rings. The normalized spacial score (nSPS) is 18.3. The lowest BCUT2D eigenvalue weighted by Crippen LogP contribution is -2.09. The molecule has 1 N–H and O–H groups in total. The molecule has 1 atom stereocenters. The first-order valence-corrected chi connectivity index (χ1v) is 7.78. The zero-order valence-corrected chi connectivity index (χ0v) is 12.9. The molecule has 21 heavy (non-hydrogen) atoms. The average molecular weight is 285 g/mol. The Morgan fingerprint density at radius 1 is 1.24 bits per heavy atom. The van der Waals surface area contributed by atoms with Crippen LogP contribution in [-0.2, 0) is 12.8 Å². The molecule has 0 spiro atoms. The summed E-state index contributed by atoms with van der Waals surface area (Å²) in [6.07, 6.45) is 4.05. The van der Waals surface area contributed by atoms with Crippen molar-refractivity contribution in [3.8, 4) is 0 Å². The summed E-state index contributed by atoms with van der Waals surface area (Å²) < 4.78 is 5.38. The molecular formula is C17H23N3O. The van der Waals surface area contributed by atoms with Gasteiger partial charge in [0.15, 0.2) is 5.82 Å². The highest BCUT2D eigenvalue weighted by atomic mass is 16.5. The fourth-order valence-electron chi connectivity index (χ4n) is 3.11. The van der Waals surface area contributed by atoms with Gasteiger partial charge in [0.05, 0.1) is 0 Å². The van der Waals surface area contributed by atoms with Crippen molar-refractivity contribution in [2.24, 2.45) is 5.92 Å². The molecule has 1 unspecified atom stereocenters. The molecule has 1 aromatic heterocycles. The maximum absolute atomic E-state index is 5.38. The Labute approximate surface area is 126 Å². The van der Waals surface area contributed by atoms with Crippen molar-refractivity contribution in [3.63, 3.8) is 0 Å². The van der Waals surface area contributed by atoms with Crippen LogP contribution in [0.15, 0.2) is 22.7 Å². The average Bonchev–Trinajstić information content (AvgIpc) is 3.06. The van der Waals surface area contributed by atoms with E-state index in [1.54, 1.807) is 0 Å². The third-order valence-corrected chi connectivity index (χ3v) is 4.08. The smallest absolute Gasteiger partial charge is 0.226 e. The molecule has 1 aromatic carbocycles. The first kappa shape index (κ1) is 14.3. The molecule has 4 nitrogen and oxygen atoms in total. The number of nitrogens with zero attached hydrogens (tertiary/aromatic N) is 2. The number of aromatic nitrogens is 2. The van der Waals surface area contributed by atoms with Crippen LogP contribution < -0.4 is 5.32 Å². The number of hydrogen-bond acceptors (Lipinski definition) is 4. The molecule has 0 radical (unpaired) electrons. The molecule has 3 rings (SSSR count). The van der Waals surface area contributed by atoms with Gasteiger partial charge >= 0.3 is 0 Å². The Hall–Kier alpha value is -1.68. The van der Waals surface area contributed by atoms with Crippen molar-refractivity contribution in [2.75, 3.05) is 13.1 Å². The van der Waals surface area contributed by atoms with E-state index >= 15 is 0 Å². The monoisotopic (exact) mass is 285 g/mol. The van der Waals surface area contributed by atoms with E-state index in [0.29, 0.717) is 0 Å². The fourth-order valence-corrected chi connectivity index (χ4v) is 3.11. The van der Waals surface area contributed by atoms with Gasteiger partial charge in [0.25, 0.3) is 0 Å². The van der Waals surface area contributed by atoms with E-state index in [0.717, 1.165) is 50.0 Å². The maximum Gasteiger partial charge on any atom is 0.226 e. The molecule has 0 amide bonds. The second kappa shape index (κ2) is 6.39. The van der Waals surface area contributed by atoms with Crippen LogP contribution in [0.25, 0.3) is 0 Å². The van der Waals surface area contributed by atoms with Gasteiger partial charge in [-0.05, 0) is 51.3 Å². The second-order valence-corrected chi connectivity index (χ2v) is 6.17. The molecule has 2 heterocycles. The predicted octanol–water partition coefficient (Wildman–Crippen LogP) is 2.82. The van der Waals surface area contributed by atoms with Crippen molar-refractivity contribution in [2.45, 2.75) is 39.5 Å². The number of hydrogen-bond donors (Lipinski definition) is 1. The topological polar surface area (TPSA) is 51.0 Å². The quantitative estimate of drug-likeness (QED) is 0.918. The Bertz CT molecular complexity index is 580. The van der Waals surface area contributed by atoms with Crippen LogP contribution in [0.2, 0.25) is 0 Å². The van der Waals surface area contributed by atoms with E-state index in [1.807, 2.05) is 0 Å². The summed E-state index contributed by atoms with van der Waals surface area (Å²) in [5.41, 5.74) is 3.81. The second-order valence-electron chi connectivity index (χ2n) is 6.17. The summed E-state index contributed by atoms with van der Waals surface area (Å²) in [7, 11) is 0. The minimum Gasteiger partial charge on any atom is -0.339 e. The molecule has 0 bridgehead atoms. The van der Waals surface area contributed by atoms with Gasteiger partial charge in [-0.2, -0.15) is 4.98 Å². The van der Waals surface area contributed by atoms with Gasteiger partial charge in [-0.25, -0.2) is 0 Å². The summed E-state index contributed by atoms with van der Waals surface area (Å²) in [6, 6.07) is 6.56. The summed E-state index contributed by atoms with van der Waals surface area (Å²) in [5.74, 6) is 2.33. The molecule has 0 aliphatic carbocycles. The van der Waals surface area contributed by atoms with Crippen LogP contribution in [0, 0.1) is 19.8 Å². The Kier molecular flexibility index (Phi) is 4.34. The van der Waals surface area contributed by atoms with Crippen molar-refractivity contribution < 1.29 is 4.52 Å². The lowest BCUT2D eigenvalue weighted by atomic mass is 10.0. The number of rotatable bonds is 5. The van der Waals surface area contributed by atoms with Crippen LogP contribution in [0.3, 0.4) is 0 Å². The first-order chi connectivity index (χ1) is 10.2. The first-order valence-electron chi connectivity index (χ1n) is 7.78. The van der Waals surface area contributed by atoms with Crippen LogP contribution >= 0.6 is 0 Å². The van der Waals surface area contributed by atoms with Crippen LogP contribution in [0.4, 0.5) is 0 Å². The highest BCUT2D eigenvalue weighted by molar-refractivity contribution is 5.30. The fraction of sp³-hybridized carbons (Fsp3) is 0.529. The largest absolute Gasteiger partial charge is 0.339 e. The van der Waals surface area contributed by atoms with E-state index in [2.05, 4.69) is 47.5 Å². The predicted molar refractivity (Wildman–Crippen MR) is 82.3 cm³/mol. The summed E-state index contributed by atoms with van der Waals surface area (Å²) in [5, 5.41) is 7.50. The molecule has 4 heteroatoms. The summed E-state index contributed by atoms with van der Waals surface area (Å²) in [6.45, 7) is 6.51. The van der Waals surface area contributed by atoms with Crippen molar-refractivity contribution in [3.05, 3.63) is 46.6 Å². The molecule has 2 aromatic rings. The van der Waals surface area contributed by atoms with Gasteiger partial charge in [-0.15, -0.1) is 0 Å². The number of benzene rings is 1. The van der Waals surface area contributed by atoms with Gasteiger partial charge in [0.1, 0.15) is 0 Å². The van der Waals surface area contributed by atoms with Crippen LogP contribution in [0.5, 0.6) is 0 Å². The van der Waals surface area contributed by atoms with Gasteiger partial charge in [-0.1, -0.05) is 34.5 Å². The minimum atomic E-state index is 0.747. The van der Waals surface area contributed by atoms with Gasteiger partial charge in [0.2, 0.25) is 5.89 Å². The molecule has 1 aliphatic heterocycles. The maximum atomic E-state index is 5.38. The van der Waals surface area contributed by atoms with E-state index < -0.39 is 0 Å². The molecule has 1 saturated heterocycles. The molecular weight excluding hydrogens is 262 g/mol. The van der Waals surface area contributed by atoms with E-state index in [1.165, 1.54) is 23.1 Å². The zero-order valence-electron chi connectivity index (χ0n) is 12.9. The highest BCUT2D eigenvalue weighted by Gasteiger charge is 2.16. The SMILES string of the molecule is Cc1cc(C)cc(Cc2noc(CCC3CCNC3)n2)c1. The Morgan fingerprint density at radius 3 is 2.76 bits per heavy atom. The van der Waals surface area contributed by atoms with Gasteiger partial charge < -0.3 is 9.84 Å². The van der Waals surface area contributed by atoms with Crippen molar-refractivity contribution >= 4 is 0 Å². The van der Waals surface area contributed by atoms with Gasteiger partial charge in [-0.3, -0.25) is 0 Å². The Balaban J connectivity index is 1.59. The number of aryl methyl sites for hydroxylation is 3. The lowest BCUT2D eigenvalue weighted by molar-refractivity contribution is 0.361. The van der Waals surface area contributed by atoms with Gasteiger partial charge in [0, 0.05) is 12.8 Å². The summed E-state index contributed by atoms with van der Waals surface area (Å²) in [4.78, 5) is 4.53. The third-order valence-electron chi connectivity index (χ3n) is 4.08. The standard InChI is InChI=1S/C17H23N3O/c1-12-7-13(2)9-15(8-12)10-16-19-17(21-20-16)4-3-14-5-6-18-11-14/h7-9,14,18H,3-6,10-11H2,1-2H3. The molecule has 1 aliphatic rings. The zero-order chi connectivity index (χ0) is 14.7. The lowest BCUT2D eigenvalue weighted by Gasteiger charge is -2.04. The van der Waals surface area contributed by atoms with E-state index in [-0.39, 0.29) is 0 Å². The molecule has 112 valence electrons. The number of nitrogens with one attached hydrogen (secondary N) is 1. The van der Waals surface area contributed by atoms with Crippen LogP contribution in [-0.4, -0.2) is 23.2 Å². The molecule has 0 saturated carbocycles. The van der Waals surface area contributed by atoms with Crippen molar-refractivity contribution in [1.82, 2.24) is 15.5 Å². The van der Waals surface area contributed by atoms with E-state index in [9.17, 15) is 0 Å². The minimum absolute atomic E-state index is 0.747. The van der Waals surface area contributed by atoms with Crippen molar-refractivity contribution in [1.29, 1.82) is 0 Å². The Morgan fingerprint density at radius 2 is 2.05 bits per heavy atom. The third kappa shape index (κ3) is 3.91. The van der Waals surface area contributed by atoms with E-state index in [4.69, 9.17) is 4.52 Å². The van der Waals surface area contributed by atoms with Crippen LogP contribution in [0.1, 0.15) is 41.2 Å².